The molecular weight excluding hydrogens is 148 g/mol. The van der Waals surface area contributed by atoms with Crippen molar-refractivity contribution in [2.45, 2.75) is 39.3 Å². The Labute approximate surface area is 75.3 Å². The van der Waals surface area contributed by atoms with Gasteiger partial charge in [-0.1, -0.05) is 6.92 Å². The van der Waals surface area contributed by atoms with E-state index in [9.17, 15) is 0 Å². The zero-order valence-electron chi connectivity index (χ0n) is 8.65. The molecule has 2 aliphatic rings. The van der Waals surface area contributed by atoms with E-state index in [0.717, 1.165) is 6.04 Å². The predicted octanol–water partition coefficient (Wildman–Crippen LogP) is 1.08. The van der Waals surface area contributed by atoms with Crippen LogP contribution in [0.15, 0.2) is 0 Å². The first kappa shape index (κ1) is 8.52. The van der Waals surface area contributed by atoms with Gasteiger partial charge in [0, 0.05) is 36.6 Å². The molecule has 2 aliphatic heterocycles. The number of nitrogens with one attached hydrogen (secondary N) is 1. The van der Waals surface area contributed by atoms with Gasteiger partial charge >= 0.3 is 0 Å². The van der Waals surface area contributed by atoms with E-state index in [4.69, 9.17) is 0 Å². The Balaban J connectivity index is 2.07. The van der Waals surface area contributed by atoms with E-state index in [-0.39, 0.29) is 0 Å². The van der Waals surface area contributed by atoms with Crippen LogP contribution in [0.5, 0.6) is 0 Å². The summed E-state index contributed by atoms with van der Waals surface area (Å²) in [7, 11) is 0. The van der Waals surface area contributed by atoms with Gasteiger partial charge in [0.25, 0.3) is 0 Å². The molecule has 0 aromatic rings. The average molecular weight is 168 g/mol. The van der Waals surface area contributed by atoms with Crippen molar-refractivity contribution < 1.29 is 0 Å². The number of fused-ring (bicyclic) bond motifs is 1. The van der Waals surface area contributed by atoms with Gasteiger partial charge < -0.3 is 5.32 Å². The molecular formula is C10H20N2. The van der Waals surface area contributed by atoms with Crippen LogP contribution in [0.3, 0.4) is 0 Å². The summed E-state index contributed by atoms with van der Waals surface area (Å²) in [5.41, 5.74) is 0.926. The lowest BCUT2D eigenvalue weighted by molar-refractivity contribution is 0.136. The molecule has 0 aliphatic carbocycles. The highest BCUT2D eigenvalue weighted by Gasteiger charge is 2.51. The van der Waals surface area contributed by atoms with Crippen LogP contribution < -0.4 is 5.32 Å². The minimum atomic E-state index is 0.349. The molecule has 0 bridgehead atoms. The third kappa shape index (κ3) is 1.09. The minimum absolute atomic E-state index is 0.349. The van der Waals surface area contributed by atoms with E-state index >= 15 is 0 Å². The van der Waals surface area contributed by atoms with Crippen molar-refractivity contribution in [2.75, 3.05) is 19.6 Å². The Kier molecular flexibility index (Phi) is 1.59. The minimum Gasteiger partial charge on any atom is -0.311 e. The lowest BCUT2D eigenvalue weighted by Crippen LogP contribution is -2.59. The summed E-state index contributed by atoms with van der Waals surface area (Å²) < 4.78 is 0. The topological polar surface area (TPSA) is 15.3 Å². The second kappa shape index (κ2) is 2.24. The summed E-state index contributed by atoms with van der Waals surface area (Å²) in [4.78, 5) is 2.59. The Morgan fingerprint density at radius 1 is 1.42 bits per heavy atom. The smallest absolute Gasteiger partial charge is 0.0273 e. The predicted molar refractivity (Wildman–Crippen MR) is 51.2 cm³/mol. The Bertz CT molecular complexity index is 195. The van der Waals surface area contributed by atoms with Gasteiger partial charge in [0.05, 0.1) is 0 Å². The van der Waals surface area contributed by atoms with Crippen molar-refractivity contribution >= 4 is 0 Å². The first-order valence-electron chi connectivity index (χ1n) is 4.90. The van der Waals surface area contributed by atoms with E-state index in [0.29, 0.717) is 11.0 Å². The van der Waals surface area contributed by atoms with Gasteiger partial charge in [0.15, 0.2) is 0 Å². The molecule has 0 aromatic carbocycles. The van der Waals surface area contributed by atoms with Crippen molar-refractivity contribution in [2.24, 2.45) is 5.41 Å². The summed E-state index contributed by atoms with van der Waals surface area (Å²) in [6.45, 7) is 13.0. The van der Waals surface area contributed by atoms with Crippen molar-refractivity contribution in [1.29, 1.82) is 0 Å². The van der Waals surface area contributed by atoms with Crippen LogP contribution in [-0.4, -0.2) is 36.1 Å². The zero-order chi connectivity index (χ0) is 8.98. The summed E-state index contributed by atoms with van der Waals surface area (Å²) in [6, 6.07) is 0.761. The Hall–Kier alpha value is -0.0800. The molecule has 12 heavy (non-hydrogen) atoms. The van der Waals surface area contributed by atoms with Crippen LogP contribution in [0.25, 0.3) is 0 Å². The lowest BCUT2D eigenvalue weighted by atomic mass is 9.78. The molecule has 2 saturated heterocycles. The number of hydrogen-bond donors (Lipinski definition) is 1. The quantitative estimate of drug-likeness (QED) is 0.582. The van der Waals surface area contributed by atoms with E-state index in [1.807, 2.05) is 0 Å². The van der Waals surface area contributed by atoms with Crippen LogP contribution in [0, 0.1) is 5.41 Å². The number of rotatable bonds is 0. The summed E-state index contributed by atoms with van der Waals surface area (Å²) in [5.74, 6) is 0. The van der Waals surface area contributed by atoms with E-state index in [1.54, 1.807) is 0 Å². The van der Waals surface area contributed by atoms with Gasteiger partial charge in [0.2, 0.25) is 0 Å². The molecule has 0 saturated carbocycles. The fourth-order valence-electron chi connectivity index (χ4n) is 2.28. The molecule has 2 nitrogen and oxygen atoms in total. The first-order chi connectivity index (χ1) is 5.42. The van der Waals surface area contributed by atoms with Crippen LogP contribution in [-0.2, 0) is 0 Å². The number of likely N-dealkylation sites (tertiary alicyclic amines) is 1. The second-order valence-electron chi connectivity index (χ2n) is 5.64. The standard InChI is InChI=1S/C10H20N2/c1-9(2,3)12-5-8-10(4,7-12)6-11-8/h8,11H,5-7H2,1-4H3/t8-,10+/m0/s1. The highest BCUT2D eigenvalue weighted by molar-refractivity contribution is 5.08. The second-order valence-corrected chi connectivity index (χ2v) is 5.64. The monoisotopic (exact) mass is 168 g/mol. The summed E-state index contributed by atoms with van der Waals surface area (Å²) in [5, 5.41) is 3.51. The van der Waals surface area contributed by atoms with Gasteiger partial charge in [-0.2, -0.15) is 0 Å². The maximum absolute atomic E-state index is 3.51. The molecule has 0 amide bonds. The molecule has 2 fully saturated rings. The fourth-order valence-corrected chi connectivity index (χ4v) is 2.28. The molecule has 2 rings (SSSR count). The van der Waals surface area contributed by atoms with Crippen LogP contribution >= 0.6 is 0 Å². The molecule has 2 heterocycles. The van der Waals surface area contributed by atoms with Gasteiger partial charge in [-0.15, -0.1) is 0 Å². The van der Waals surface area contributed by atoms with Gasteiger partial charge in [0.1, 0.15) is 0 Å². The molecule has 2 heteroatoms. The van der Waals surface area contributed by atoms with Crippen molar-refractivity contribution in [3.8, 4) is 0 Å². The van der Waals surface area contributed by atoms with Crippen molar-refractivity contribution in [1.82, 2.24) is 10.2 Å². The Morgan fingerprint density at radius 3 is 2.33 bits per heavy atom. The van der Waals surface area contributed by atoms with E-state index < -0.39 is 0 Å². The maximum atomic E-state index is 3.51. The highest BCUT2D eigenvalue weighted by atomic mass is 15.3. The molecule has 70 valence electrons. The lowest BCUT2D eigenvalue weighted by Gasteiger charge is -2.42. The zero-order valence-corrected chi connectivity index (χ0v) is 8.65. The Morgan fingerprint density at radius 2 is 2.08 bits per heavy atom. The SMILES string of the molecule is CC(C)(C)N1C[C@@H]2NC[C@]2(C)C1. The fraction of sp³-hybridized carbons (Fsp3) is 1.00. The molecule has 0 aromatic heterocycles. The average Bonchev–Trinajstić information content (AvgIpc) is 2.11. The maximum Gasteiger partial charge on any atom is 0.0273 e. The first-order valence-corrected chi connectivity index (χ1v) is 4.90. The van der Waals surface area contributed by atoms with Crippen molar-refractivity contribution in [3.63, 3.8) is 0 Å². The molecule has 1 N–H and O–H groups in total. The molecule has 0 spiro atoms. The highest BCUT2D eigenvalue weighted by Crippen LogP contribution is 2.38. The van der Waals surface area contributed by atoms with E-state index in [1.165, 1.54) is 19.6 Å². The van der Waals surface area contributed by atoms with E-state index in [2.05, 4.69) is 37.9 Å². The van der Waals surface area contributed by atoms with Crippen molar-refractivity contribution in [3.05, 3.63) is 0 Å². The van der Waals surface area contributed by atoms with Gasteiger partial charge in [-0.05, 0) is 20.8 Å². The summed E-state index contributed by atoms with van der Waals surface area (Å²) >= 11 is 0. The van der Waals surface area contributed by atoms with Crippen LogP contribution in [0.4, 0.5) is 0 Å². The van der Waals surface area contributed by atoms with Gasteiger partial charge in [-0.3, -0.25) is 4.90 Å². The largest absolute Gasteiger partial charge is 0.311 e. The van der Waals surface area contributed by atoms with Crippen LogP contribution in [0.1, 0.15) is 27.7 Å². The molecule has 0 radical (unpaired) electrons. The van der Waals surface area contributed by atoms with Gasteiger partial charge in [-0.25, -0.2) is 0 Å². The third-order valence-electron chi connectivity index (χ3n) is 3.50. The number of hydrogen-bond acceptors (Lipinski definition) is 2. The summed E-state index contributed by atoms with van der Waals surface area (Å²) in [6.07, 6.45) is 0. The normalized spacial score (nSPS) is 42.5. The third-order valence-corrected chi connectivity index (χ3v) is 3.50. The van der Waals surface area contributed by atoms with Crippen LogP contribution in [0.2, 0.25) is 0 Å². The molecule has 2 atom stereocenters. The molecule has 0 unspecified atom stereocenters. The number of nitrogens with zero attached hydrogens (tertiary/aromatic N) is 1.